The van der Waals surface area contributed by atoms with Crippen LogP contribution in [-0.2, 0) is 20.4 Å². The third-order valence-electron chi connectivity index (χ3n) is 9.31. The van der Waals surface area contributed by atoms with Crippen molar-refractivity contribution in [3.63, 3.8) is 0 Å². The van der Waals surface area contributed by atoms with E-state index in [9.17, 15) is 18.0 Å². The Labute approximate surface area is 208 Å². The second-order valence-corrected chi connectivity index (χ2v) is 11.2. The van der Waals surface area contributed by atoms with Gasteiger partial charge in [0.25, 0.3) is 0 Å². The maximum Gasteiger partial charge on any atom is 0.433 e. The number of alkyl halides is 3. The molecule has 36 heavy (non-hydrogen) atoms. The van der Waals surface area contributed by atoms with Gasteiger partial charge in [0, 0.05) is 45.1 Å². The van der Waals surface area contributed by atoms with E-state index in [2.05, 4.69) is 15.3 Å². The van der Waals surface area contributed by atoms with E-state index in [0.29, 0.717) is 25.6 Å². The number of hydrogen-bond acceptors (Lipinski definition) is 7. The van der Waals surface area contributed by atoms with Gasteiger partial charge in [0.05, 0.1) is 30.2 Å². The number of ether oxygens (including phenoxy) is 2. The van der Waals surface area contributed by atoms with Crippen LogP contribution < -0.4 is 10.2 Å². The van der Waals surface area contributed by atoms with Crippen molar-refractivity contribution in [3.8, 4) is 0 Å². The largest absolute Gasteiger partial charge is 0.433 e. The second kappa shape index (κ2) is 9.09. The molecule has 7 atom stereocenters. The molecule has 1 amide bonds. The smallest absolute Gasteiger partial charge is 0.379 e. The first-order valence-corrected chi connectivity index (χ1v) is 13.1. The summed E-state index contributed by atoms with van der Waals surface area (Å²) in [5.41, 5.74) is -1.26. The molecule has 6 rings (SSSR count). The van der Waals surface area contributed by atoms with Gasteiger partial charge in [-0.15, -0.1) is 0 Å². The topological polar surface area (TPSA) is 79.8 Å². The number of fused-ring (bicyclic) bond motifs is 3. The van der Waals surface area contributed by atoms with Crippen LogP contribution in [0.4, 0.5) is 19.1 Å². The Balaban J connectivity index is 1.13. The van der Waals surface area contributed by atoms with Gasteiger partial charge in [-0.2, -0.15) is 13.2 Å². The van der Waals surface area contributed by atoms with Gasteiger partial charge >= 0.3 is 6.18 Å². The molecule has 11 heteroatoms. The fourth-order valence-corrected chi connectivity index (χ4v) is 7.65. The minimum Gasteiger partial charge on any atom is -0.379 e. The molecule has 5 aliphatic rings. The van der Waals surface area contributed by atoms with Gasteiger partial charge in [-0.05, 0) is 50.5 Å². The fourth-order valence-electron chi connectivity index (χ4n) is 7.65. The zero-order valence-electron chi connectivity index (χ0n) is 20.5. The highest BCUT2D eigenvalue weighted by atomic mass is 19.4. The maximum absolute atomic E-state index is 14.1. The van der Waals surface area contributed by atoms with Crippen LogP contribution in [0.5, 0.6) is 0 Å². The number of carbonyl (C=O) groups excluding carboxylic acids is 1. The molecule has 0 aromatic carbocycles. The molecule has 2 saturated carbocycles. The fraction of sp³-hybridized carbons (Fsp3) is 0.800. The van der Waals surface area contributed by atoms with Crippen LogP contribution in [0.25, 0.3) is 0 Å². The molecule has 0 unspecified atom stereocenters. The minimum absolute atomic E-state index is 0.00311. The van der Waals surface area contributed by atoms with Crippen molar-refractivity contribution in [1.29, 1.82) is 0 Å². The van der Waals surface area contributed by atoms with Gasteiger partial charge in [0.15, 0.2) is 0 Å². The summed E-state index contributed by atoms with van der Waals surface area (Å²) >= 11 is 0. The third-order valence-corrected chi connectivity index (χ3v) is 9.31. The zero-order chi connectivity index (χ0) is 25.1. The van der Waals surface area contributed by atoms with Gasteiger partial charge in [-0.3, -0.25) is 4.79 Å². The number of hydrogen-bond donors (Lipinski definition) is 1. The zero-order valence-corrected chi connectivity index (χ0v) is 20.5. The molecule has 1 aromatic heterocycles. The summed E-state index contributed by atoms with van der Waals surface area (Å²) in [6.45, 7) is 2.33. The number of methoxy groups -OCH3 is 1. The number of rotatable bonds is 5. The van der Waals surface area contributed by atoms with Gasteiger partial charge in [0.2, 0.25) is 11.9 Å². The van der Waals surface area contributed by atoms with Crippen LogP contribution in [0.1, 0.15) is 50.6 Å². The lowest BCUT2D eigenvalue weighted by Gasteiger charge is -2.40. The van der Waals surface area contributed by atoms with Crippen LogP contribution in [0, 0.1) is 11.3 Å². The van der Waals surface area contributed by atoms with Gasteiger partial charge in [0.1, 0.15) is 5.69 Å². The molecule has 1 aromatic rings. The van der Waals surface area contributed by atoms with Crippen molar-refractivity contribution >= 4 is 11.9 Å². The molecule has 8 nitrogen and oxygen atoms in total. The first-order chi connectivity index (χ1) is 17.3. The lowest BCUT2D eigenvalue weighted by atomic mass is 9.78. The Hall–Kier alpha value is -1.98. The average molecular weight is 510 g/mol. The quantitative estimate of drug-likeness (QED) is 0.654. The number of nitrogens with zero attached hydrogens (tertiary/aromatic N) is 4. The van der Waals surface area contributed by atoms with E-state index in [0.717, 1.165) is 57.6 Å². The Bertz CT molecular complexity index is 996. The number of nitrogens with one attached hydrogen (secondary N) is 1. The SMILES string of the molecule is CO[C@@H]1COCC[C@@H]1N[C@@H]1C[C@H]2CCC[C@@]2(C(=O)N2C[C@H]3C[C@H]2CN3c2nccc(C(F)(F)F)n2)C1. The molecule has 1 N–H and O–H groups in total. The molecule has 3 saturated heterocycles. The van der Waals surface area contributed by atoms with Crippen LogP contribution in [-0.4, -0.2) is 84.5 Å². The van der Waals surface area contributed by atoms with Crippen molar-refractivity contribution in [2.75, 3.05) is 38.3 Å². The molecule has 4 heterocycles. The number of aromatic nitrogens is 2. The normalized spacial score (nSPS) is 38.1. The first kappa shape index (κ1) is 24.4. The number of likely N-dealkylation sites (tertiary alicyclic amines) is 1. The monoisotopic (exact) mass is 509 g/mol. The molecule has 0 radical (unpaired) electrons. The summed E-state index contributed by atoms with van der Waals surface area (Å²) in [6, 6.07) is 1.38. The van der Waals surface area contributed by atoms with Gasteiger partial charge < -0.3 is 24.6 Å². The maximum atomic E-state index is 14.1. The highest BCUT2D eigenvalue weighted by Crippen LogP contribution is 2.56. The molecule has 3 aliphatic heterocycles. The highest BCUT2D eigenvalue weighted by molar-refractivity contribution is 5.85. The predicted octanol–water partition coefficient (Wildman–Crippen LogP) is 2.63. The van der Waals surface area contributed by atoms with Crippen molar-refractivity contribution in [2.24, 2.45) is 11.3 Å². The van der Waals surface area contributed by atoms with Crippen LogP contribution in [0.15, 0.2) is 12.3 Å². The summed E-state index contributed by atoms with van der Waals surface area (Å²) in [4.78, 5) is 25.9. The average Bonchev–Trinajstić information content (AvgIpc) is 3.63. The van der Waals surface area contributed by atoms with Crippen molar-refractivity contribution in [2.45, 2.75) is 81.4 Å². The summed E-state index contributed by atoms with van der Waals surface area (Å²) in [6.07, 6.45) is 3.29. The lowest BCUT2D eigenvalue weighted by Crippen LogP contribution is -2.54. The minimum atomic E-state index is -4.50. The molecule has 198 valence electrons. The number of anilines is 1. The summed E-state index contributed by atoms with van der Waals surface area (Å²) in [7, 11) is 1.72. The summed E-state index contributed by atoms with van der Waals surface area (Å²) in [5, 5.41) is 3.81. The second-order valence-electron chi connectivity index (χ2n) is 11.2. The number of carbonyl (C=O) groups is 1. The van der Waals surface area contributed by atoms with E-state index in [1.165, 1.54) is 6.20 Å². The Morgan fingerprint density at radius 2 is 2.11 bits per heavy atom. The summed E-state index contributed by atoms with van der Waals surface area (Å²) < 4.78 is 50.6. The van der Waals surface area contributed by atoms with E-state index in [-0.39, 0.29) is 47.5 Å². The Kier molecular flexibility index (Phi) is 6.15. The Morgan fingerprint density at radius 3 is 2.86 bits per heavy atom. The van der Waals surface area contributed by atoms with Crippen molar-refractivity contribution in [1.82, 2.24) is 20.2 Å². The first-order valence-electron chi connectivity index (χ1n) is 13.1. The molecular formula is C25H34F3N5O3. The van der Waals surface area contributed by atoms with E-state index in [1.54, 1.807) is 7.11 Å². The van der Waals surface area contributed by atoms with E-state index < -0.39 is 11.9 Å². The molecule has 2 bridgehead atoms. The number of piperazine rings is 1. The summed E-state index contributed by atoms with van der Waals surface area (Å²) in [5.74, 6) is 0.739. The van der Waals surface area contributed by atoms with Crippen LogP contribution in [0.3, 0.4) is 0 Å². The van der Waals surface area contributed by atoms with Crippen molar-refractivity contribution in [3.05, 3.63) is 18.0 Å². The number of amides is 1. The molecular weight excluding hydrogens is 475 g/mol. The molecule has 2 aliphatic carbocycles. The van der Waals surface area contributed by atoms with E-state index in [1.807, 2.05) is 9.80 Å². The van der Waals surface area contributed by atoms with Gasteiger partial charge in [-0.25, -0.2) is 9.97 Å². The van der Waals surface area contributed by atoms with Crippen molar-refractivity contribution < 1.29 is 27.4 Å². The Morgan fingerprint density at radius 1 is 1.25 bits per heavy atom. The van der Waals surface area contributed by atoms with Gasteiger partial charge in [-0.1, -0.05) is 6.42 Å². The third kappa shape index (κ3) is 4.07. The van der Waals surface area contributed by atoms with Crippen LogP contribution in [0.2, 0.25) is 0 Å². The van der Waals surface area contributed by atoms with Crippen LogP contribution >= 0.6 is 0 Å². The molecule has 0 spiro atoms. The lowest BCUT2D eigenvalue weighted by molar-refractivity contribution is -0.144. The standard InChI is InChI=1S/C25H34F3N5O3/c1-35-20-14-36-8-5-19(20)30-16-9-15-3-2-6-24(15,11-16)22(34)32-12-18-10-17(32)13-33(18)23-29-7-4-21(31-23)25(26,27)28/h4,7,15-20,30H,2-3,5-6,8-14H2,1H3/t15-,16-,17+,18-,19+,20-,24-/m1/s1. The predicted molar refractivity (Wildman–Crippen MR) is 124 cm³/mol. The highest BCUT2D eigenvalue weighted by Gasteiger charge is 2.59. The van der Waals surface area contributed by atoms with E-state index in [4.69, 9.17) is 9.47 Å². The number of halogens is 3. The van der Waals surface area contributed by atoms with E-state index >= 15 is 0 Å². The molecule has 5 fully saturated rings.